The number of benzene rings is 2. The van der Waals surface area contributed by atoms with E-state index in [1.165, 1.54) is 12.1 Å². The molecular formula is C15H14BrFN2S. The van der Waals surface area contributed by atoms with Crippen molar-refractivity contribution in [3.63, 3.8) is 0 Å². The van der Waals surface area contributed by atoms with E-state index in [4.69, 9.17) is 18.0 Å². The smallest absolute Gasteiger partial charge is 0.123 e. The fourth-order valence-corrected chi connectivity index (χ4v) is 3.01. The zero-order chi connectivity index (χ0) is 14.7. The van der Waals surface area contributed by atoms with Crippen molar-refractivity contribution in [2.24, 2.45) is 5.73 Å². The molecule has 0 unspecified atom stereocenters. The van der Waals surface area contributed by atoms with Crippen molar-refractivity contribution in [2.45, 2.75) is 6.92 Å². The maximum atomic E-state index is 13.1. The minimum atomic E-state index is -0.256. The SMILES string of the molecule is CCN(c1ccc(F)cc1)c1cccc(Br)c1C(N)=S. The molecule has 2 nitrogen and oxygen atoms in total. The zero-order valence-corrected chi connectivity index (χ0v) is 13.3. The second-order valence-electron chi connectivity index (χ2n) is 4.22. The van der Waals surface area contributed by atoms with Gasteiger partial charge in [0.25, 0.3) is 0 Å². The van der Waals surface area contributed by atoms with Crippen LogP contribution in [0, 0.1) is 5.82 Å². The lowest BCUT2D eigenvalue weighted by Crippen LogP contribution is -2.21. The van der Waals surface area contributed by atoms with E-state index in [0.29, 0.717) is 4.99 Å². The van der Waals surface area contributed by atoms with E-state index >= 15 is 0 Å². The normalized spacial score (nSPS) is 10.3. The molecule has 0 aliphatic carbocycles. The van der Waals surface area contributed by atoms with Crippen LogP contribution >= 0.6 is 28.1 Å². The van der Waals surface area contributed by atoms with E-state index in [0.717, 1.165) is 28.0 Å². The molecule has 0 bridgehead atoms. The van der Waals surface area contributed by atoms with E-state index in [-0.39, 0.29) is 5.82 Å². The van der Waals surface area contributed by atoms with E-state index in [1.807, 2.05) is 30.0 Å². The average Bonchev–Trinajstić information content (AvgIpc) is 2.41. The summed E-state index contributed by atoms with van der Waals surface area (Å²) in [5.74, 6) is -0.256. The molecule has 0 aliphatic heterocycles. The van der Waals surface area contributed by atoms with Crippen LogP contribution in [0.2, 0.25) is 0 Å². The predicted octanol–water partition coefficient (Wildman–Crippen LogP) is 4.38. The summed E-state index contributed by atoms with van der Waals surface area (Å²) in [6.45, 7) is 2.74. The predicted molar refractivity (Wildman–Crippen MR) is 89.1 cm³/mol. The zero-order valence-electron chi connectivity index (χ0n) is 10.9. The standard InChI is InChI=1S/C15H14BrFN2S/c1-2-19(11-8-6-10(17)7-9-11)13-5-3-4-12(16)14(13)15(18)20/h3-9H,2H2,1H3,(H2,18,20). The fourth-order valence-electron chi connectivity index (χ4n) is 2.09. The summed E-state index contributed by atoms with van der Waals surface area (Å²) in [5.41, 5.74) is 8.41. The number of halogens is 2. The minimum absolute atomic E-state index is 0.256. The van der Waals surface area contributed by atoms with Crippen LogP contribution in [0.25, 0.3) is 0 Å². The molecule has 2 N–H and O–H groups in total. The first-order valence-corrected chi connectivity index (χ1v) is 7.36. The van der Waals surface area contributed by atoms with Crippen LogP contribution in [0.15, 0.2) is 46.9 Å². The van der Waals surface area contributed by atoms with Crippen LogP contribution in [0.3, 0.4) is 0 Å². The van der Waals surface area contributed by atoms with E-state index in [1.54, 1.807) is 12.1 Å². The molecule has 0 fully saturated rings. The van der Waals surface area contributed by atoms with Gasteiger partial charge >= 0.3 is 0 Å². The Hall–Kier alpha value is -1.46. The molecule has 0 spiro atoms. The Morgan fingerprint density at radius 1 is 1.25 bits per heavy atom. The Morgan fingerprint density at radius 2 is 1.90 bits per heavy atom. The van der Waals surface area contributed by atoms with Gasteiger partial charge in [-0.25, -0.2) is 4.39 Å². The summed E-state index contributed by atoms with van der Waals surface area (Å²) in [6, 6.07) is 12.1. The average molecular weight is 353 g/mol. The van der Waals surface area contributed by atoms with E-state index in [9.17, 15) is 4.39 Å². The number of anilines is 2. The maximum absolute atomic E-state index is 13.1. The number of rotatable bonds is 4. The van der Waals surface area contributed by atoms with Crippen molar-refractivity contribution in [1.29, 1.82) is 0 Å². The van der Waals surface area contributed by atoms with Gasteiger partial charge in [-0.15, -0.1) is 0 Å². The maximum Gasteiger partial charge on any atom is 0.123 e. The third kappa shape index (κ3) is 2.99. The van der Waals surface area contributed by atoms with Crippen molar-refractivity contribution in [2.75, 3.05) is 11.4 Å². The molecular weight excluding hydrogens is 339 g/mol. The van der Waals surface area contributed by atoms with Gasteiger partial charge in [-0.2, -0.15) is 0 Å². The van der Waals surface area contributed by atoms with Crippen molar-refractivity contribution in [3.8, 4) is 0 Å². The molecule has 2 aromatic rings. The molecule has 0 amide bonds. The molecule has 5 heteroatoms. The van der Waals surface area contributed by atoms with Crippen LogP contribution in [0.4, 0.5) is 15.8 Å². The molecule has 20 heavy (non-hydrogen) atoms. The highest BCUT2D eigenvalue weighted by atomic mass is 79.9. The van der Waals surface area contributed by atoms with E-state index in [2.05, 4.69) is 15.9 Å². The highest BCUT2D eigenvalue weighted by molar-refractivity contribution is 9.10. The second-order valence-corrected chi connectivity index (χ2v) is 5.51. The number of hydrogen-bond donors (Lipinski definition) is 1. The fraction of sp³-hybridized carbons (Fsp3) is 0.133. The van der Waals surface area contributed by atoms with Crippen molar-refractivity contribution >= 4 is 44.5 Å². The molecule has 0 saturated heterocycles. The van der Waals surface area contributed by atoms with Crippen molar-refractivity contribution in [1.82, 2.24) is 0 Å². The number of nitrogens with two attached hydrogens (primary N) is 1. The van der Waals surface area contributed by atoms with Gasteiger partial charge in [0.05, 0.1) is 5.69 Å². The minimum Gasteiger partial charge on any atom is -0.389 e. The van der Waals surface area contributed by atoms with Gasteiger partial charge in [0, 0.05) is 22.3 Å². The van der Waals surface area contributed by atoms with Gasteiger partial charge in [-0.05, 0) is 59.3 Å². The Labute approximate surface area is 131 Å². The van der Waals surface area contributed by atoms with Gasteiger partial charge in [0.1, 0.15) is 10.8 Å². The summed E-state index contributed by atoms with van der Waals surface area (Å²) < 4.78 is 13.9. The lowest BCUT2D eigenvalue weighted by molar-refractivity contribution is 0.628. The summed E-state index contributed by atoms with van der Waals surface area (Å²) in [5, 5.41) is 0. The van der Waals surface area contributed by atoms with Gasteiger partial charge in [-0.3, -0.25) is 0 Å². The summed E-state index contributed by atoms with van der Waals surface area (Å²) in [4.78, 5) is 2.37. The Balaban J connectivity index is 2.55. The third-order valence-electron chi connectivity index (χ3n) is 2.98. The molecule has 2 rings (SSSR count). The molecule has 0 aromatic heterocycles. The Morgan fingerprint density at radius 3 is 2.45 bits per heavy atom. The van der Waals surface area contributed by atoms with Gasteiger partial charge in [-0.1, -0.05) is 18.3 Å². The quantitative estimate of drug-likeness (QED) is 0.827. The molecule has 0 radical (unpaired) electrons. The molecule has 0 atom stereocenters. The molecule has 0 heterocycles. The van der Waals surface area contributed by atoms with Gasteiger partial charge in [0.15, 0.2) is 0 Å². The third-order valence-corrected chi connectivity index (χ3v) is 3.85. The van der Waals surface area contributed by atoms with Crippen LogP contribution < -0.4 is 10.6 Å². The van der Waals surface area contributed by atoms with Gasteiger partial charge in [0.2, 0.25) is 0 Å². The van der Waals surface area contributed by atoms with Crippen LogP contribution in [0.1, 0.15) is 12.5 Å². The Bertz CT molecular complexity index is 628. The Kier molecular flexibility index (Phi) is 4.73. The van der Waals surface area contributed by atoms with Gasteiger partial charge < -0.3 is 10.6 Å². The second kappa shape index (κ2) is 6.33. The summed E-state index contributed by atoms with van der Waals surface area (Å²) in [7, 11) is 0. The lowest BCUT2D eigenvalue weighted by Gasteiger charge is -2.26. The highest BCUT2D eigenvalue weighted by Crippen LogP contribution is 2.32. The first-order chi connectivity index (χ1) is 9.54. The monoisotopic (exact) mass is 352 g/mol. The van der Waals surface area contributed by atoms with Crippen molar-refractivity contribution < 1.29 is 4.39 Å². The van der Waals surface area contributed by atoms with Crippen molar-refractivity contribution in [3.05, 3.63) is 58.3 Å². The molecule has 2 aromatic carbocycles. The lowest BCUT2D eigenvalue weighted by atomic mass is 10.1. The topological polar surface area (TPSA) is 29.3 Å². The summed E-state index contributed by atoms with van der Waals surface area (Å²) >= 11 is 8.61. The number of thiocarbonyl (C=S) groups is 1. The van der Waals surface area contributed by atoms with E-state index < -0.39 is 0 Å². The van der Waals surface area contributed by atoms with Crippen LogP contribution in [-0.4, -0.2) is 11.5 Å². The molecule has 0 aliphatic rings. The molecule has 104 valence electrons. The summed E-state index contributed by atoms with van der Waals surface area (Å²) in [6.07, 6.45) is 0. The highest BCUT2D eigenvalue weighted by Gasteiger charge is 2.15. The number of hydrogen-bond acceptors (Lipinski definition) is 2. The number of nitrogens with zero attached hydrogens (tertiary/aromatic N) is 1. The molecule has 0 saturated carbocycles. The first-order valence-electron chi connectivity index (χ1n) is 6.16. The van der Waals surface area contributed by atoms with Crippen LogP contribution in [-0.2, 0) is 0 Å². The first kappa shape index (κ1) is 14.9. The largest absolute Gasteiger partial charge is 0.389 e. The van der Waals surface area contributed by atoms with Crippen LogP contribution in [0.5, 0.6) is 0 Å².